The topological polar surface area (TPSA) is 167 Å². The van der Waals surface area contributed by atoms with E-state index in [0.717, 1.165) is 18.2 Å². The number of rotatable bonds is 15. The van der Waals surface area contributed by atoms with Crippen LogP contribution in [-0.4, -0.2) is 75.6 Å². The third kappa shape index (κ3) is 11.6. The number of para-hydroxylation sites is 1. The molecule has 11 heteroatoms. The smallest absolute Gasteiger partial charge is 0.317 e. The molecule has 5 amide bonds. The molecule has 42 heavy (non-hydrogen) atoms. The van der Waals surface area contributed by atoms with Crippen LogP contribution >= 0.6 is 0 Å². The number of primary amides is 1. The molecule has 0 radical (unpaired) electrons. The summed E-state index contributed by atoms with van der Waals surface area (Å²) in [4.78, 5) is 57.2. The fraction of sp³-hybridized carbons (Fsp3) is 0.581. The molecule has 6 N–H and O–H groups in total. The first-order valence-electron chi connectivity index (χ1n) is 14.7. The third-order valence-corrected chi connectivity index (χ3v) is 6.67. The highest BCUT2D eigenvalue weighted by molar-refractivity contribution is 5.99. The molecule has 0 saturated heterocycles. The van der Waals surface area contributed by atoms with Crippen molar-refractivity contribution in [2.45, 2.75) is 97.4 Å². The Bertz CT molecular complexity index is 1210. The molecule has 0 aliphatic heterocycles. The number of aliphatic hydroxyl groups is 1. The van der Waals surface area contributed by atoms with Crippen LogP contribution in [0.5, 0.6) is 0 Å². The van der Waals surface area contributed by atoms with Gasteiger partial charge in [0.15, 0.2) is 0 Å². The van der Waals surface area contributed by atoms with E-state index in [2.05, 4.69) is 34.8 Å². The van der Waals surface area contributed by atoms with Crippen LogP contribution < -0.4 is 21.7 Å². The SMILES string of the molecule is CCCC[C@H](NC(=O)C(CC(N)=O)NC(=O)c1ccc2ccccc2n1)C(O)CN(CCC(C)C)C(=O)NC(C)(C)C. The molecular weight excluding hydrogens is 536 g/mol. The Morgan fingerprint density at radius 1 is 1.02 bits per heavy atom. The summed E-state index contributed by atoms with van der Waals surface area (Å²) >= 11 is 0. The quantitative estimate of drug-likeness (QED) is 0.216. The Balaban J connectivity index is 2.21. The van der Waals surface area contributed by atoms with Crippen molar-refractivity contribution in [3.8, 4) is 0 Å². The standard InChI is InChI=1S/C31H48N6O5/c1-7-8-12-23(26(38)19-37(17-16-20(2)3)30(42)36-31(4,5)6)34-29(41)25(18-27(32)39)35-28(40)24-15-14-21-11-9-10-13-22(21)33-24/h9-11,13-15,20,23,25-26,38H,7-8,12,16-19H2,1-6H3,(H2,32,39)(H,34,41)(H,35,40)(H,36,42)/t23-,25?,26?/m0/s1. The zero-order valence-electron chi connectivity index (χ0n) is 25.8. The van der Waals surface area contributed by atoms with Crippen molar-refractivity contribution in [2.75, 3.05) is 13.1 Å². The second kappa shape index (κ2) is 16.1. The van der Waals surface area contributed by atoms with Gasteiger partial charge in [-0.2, -0.15) is 0 Å². The minimum absolute atomic E-state index is 0.00283. The number of nitrogens with zero attached hydrogens (tertiary/aromatic N) is 2. The summed E-state index contributed by atoms with van der Waals surface area (Å²) < 4.78 is 0. The molecule has 0 spiro atoms. The third-order valence-electron chi connectivity index (χ3n) is 6.67. The average Bonchev–Trinajstić information content (AvgIpc) is 2.90. The zero-order chi connectivity index (χ0) is 31.4. The van der Waals surface area contributed by atoms with Crippen molar-refractivity contribution in [3.05, 3.63) is 42.1 Å². The van der Waals surface area contributed by atoms with Crippen molar-refractivity contribution in [1.29, 1.82) is 0 Å². The molecule has 2 aromatic rings. The van der Waals surface area contributed by atoms with Crippen LogP contribution in [0.2, 0.25) is 0 Å². The summed E-state index contributed by atoms with van der Waals surface area (Å²) in [5.74, 6) is -1.72. The summed E-state index contributed by atoms with van der Waals surface area (Å²) in [6, 6.07) is 8.28. The van der Waals surface area contributed by atoms with Crippen LogP contribution in [0, 0.1) is 5.92 Å². The lowest BCUT2D eigenvalue weighted by molar-refractivity contribution is -0.128. The van der Waals surface area contributed by atoms with E-state index in [4.69, 9.17) is 5.73 Å². The molecule has 11 nitrogen and oxygen atoms in total. The van der Waals surface area contributed by atoms with Crippen LogP contribution in [0.3, 0.4) is 0 Å². The van der Waals surface area contributed by atoms with Crippen molar-refractivity contribution in [2.24, 2.45) is 11.7 Å². The van der Waals surface area contributed by atoms with E-state index in [-0.39, 0.29) is 18.3 Å². The summed E-state index contributed by atoms with van der Waals surface area (Å²) in [5, 5.41) is 20.4. The lowest BCUT2D eigenvalue weighted by Crippen LogP contribution is -2.57. The number of fused-ring (bicyclic) bond motifs is 1. The molecule has 0 bridgehead atoms. The van der Waals surface area contributed by atoms with E-state index in [1.54, 1.807) is 29.2 Å². The van der Waals surface area contributed by atoms with Crippen LogP contribution in [0.4, 0.5) is 4.79 Å². The summed E-state index contributed by atoms with van der Waals surface area (Å²) in [5.41, 5.74) is 5.65. The van der Waals surface area contributed by atoms with Gasteiger partial charge in [-0.05, 0) is 51.7 Å². The van der Waals surface area contributed by atoms with Gasteiger partial charge in [-0.15, -0.1) is 0 Å². The van der Waals surface area contributed by atoms with Gasteiger partial charge in [0.05, 0.1) is 30.6 Å². The Morgan fingerprint density at radius 2 is 1.71 bits per heavy atom. The summed E-state index contributed by atoms with van der Waals surface area (Å²) in [6.45, 7) is 12.2. The fourth-order valence-corrected chi connectivity index (χ4v) is 4.35. The molecule has 2 unspecified atom stereocenters. The maximum Gasteiger partial charge on any atom is 0.317 e. The number of carbonyl (C=O) groups is 4. The minimum Gasteiger partial charge on any atom is -0.389 e. The van der Waals surface area contributed by atoms with Crippen LogP contribution in [0.15, 0.2) is 36.4 Å². The first-order valence-corrected chi connectivity index (χ1v) is 14.7. The molecule has 1 aromatic heterocycles. The fourth-order valence-electron chi connectivity index (χ4n) is 4.35. The zero-order valence-corrected chi connectivity index (χ0v) is 25.8. The largest absolute Gasteiger partial charge is 0.389 e. The minimum atomic E-state index is -1.28. The average molecular weight is 585 g/mol. The van der Waals surface area contributed by atoms with Crippen LogP contribution in [0.1, 0.15) is 84.1 Å². The monoisotopic (exact) mass is 584 g/mol. The molecule has 0 saturated carbocycles. The van der Waals surface area contributed by atoms with Crippen molar-refractivity contribution in [1.82, 2.24) is 25.8 Å². The normalized spacial score (nSPS) is 13.7. The predicted molar refractivity (Wildman–Crippen MR) is 164 cm³/mol. The molecule has 3 atom stereocenters. The van der Waals surface area contributed by atoms with Gasteiger partial charge in [-0.25, -0.2) is 9.78 Å². The molecule has 0 aliphatic rings. The Hall–Kier alpha value is -3.73. The molecule has 232 valence electrons. The lowest BCUT2D eigenvalue weighted by atomic mass is 10.0. The van der Waals surface area contributed by atoms with E-state index >= 15 is 0 Å². The Kier molecular flexibility index (Phi) is 13.2. The maximum absolute atomic E-state index is 13.4. The highest BCUT2D eigenvalue weighted by atomic mass is 16.3. The lowest BCUT2D eigenvalue weighted by Gasteiger charge is -2.33. The number of unbranched alkanes of at least 4 members (excludes halogenated alkanes) is 1. The first kappa shape index (κ1) is 34.5. The van der Waals surface area contributed by atoms with Crippen molar-refractivity contribution >= 4 is 34.7 Å². The van der Waals surface area contributed by atoms with Gasteiger partial charge >= 0.3 is 6.03 Å². The van der Waals surface area contributed by atoms with E-state index < -0.39 is 47.9 Å². The van der Waals surface area contributed by atoms with E-state index in [9.17, 15) is 24.3 Å². The van der Waals surface area contributed by atoms with Crippen molar-refractivity contribution < 1.29 is 24.3 Å². The van der Waals surface area contributed by atoms with E-state index in [0.29, 0.717) is 30.8 Å². The van der Waals surface area contributed by atoms with E-state index in [1.165, 1.54) is 0 Å². The number of nitrogens with one attached hydrogen (secondary N) is 3. The Morgan fingerprint density at radius 3 is 2.33 bits per heavy atom. The predicted octanol–water partition coefficient (Wildman–Crippen LogP) is 3.10. The molecule has 2 rings (SSSR count). The number of pyridine rings is 1. The van der Waals surface area contributed by atoms with Gasteiger partial charge in [-0.1, -0.05) is 57.9 Å². The number of amides is 5. The van der Waals surface area contributed by atoms with Crippen molar-refractivity contribution in [3.63, 3.8) is 0 Å². The number of carbonyl (C=O) groups excluding carboxylic acids is 4. The summed E-state index contributed by atoms with van der Waals surface area (Å²) in [7, 11) is 0. The molecule has 1 aromatic carbocycles. The van der Waals surface area contributed by atoms with E-state index in [1.807, 2.05) is 39.8 Å². The van der Waals surface area contributed by atoms with Gasteiger partial charge in [0.25, 0.3) is 5.91 Å². The number of hydrogen-bond acceptors (Lipinski definition) is 6. The highest BCUT2D eigenvalue weighted by Gasteiger charge is 2.31. The number of benzene rings is 1. The van der Waals surface area contributed by atoms with Gasteiger partial charge in [0.2, 0.25) is 11.8 Å². The highest BCUT2D eigenvalue weighted by Crippen LogP contribution is 2.14. The molecular formula is C31H48N6O5. The van der Waals surface area contributed by atoms with Gasteiger partial charge in [0.1, 0.15) is 11.7 Å². The second-order valence-electron chi connectivity index (χ2n) is 12.2. The van der Waals surface area contributed by atoms with Gasteiger partial charge in [-0.3, -0.25) is 14.4 Å². The number of hydrogen-bond donors (Lipinski definition) is 5. The number of nitrogens with two attached hydrogens (primary N) is 1. The maximum atomic E-state index is 13.4. The second-order valence-corrected chi connectivity index (χ2v) is 12.2. The van der Waals surface area contributed by atoms with Crippen LogP contribution in [-0.2, 0) is 9.59 Å². The Labute approximate surface area is 249 Å². The van der Waals surface area contributed by atoms with Crippen LogP contribution in [0.25, 0.3) is 10.9 Å². The number of aliphatic hydroxyl groups excluding tert-OH is 1. The molecule has 0 aliphatic carbocycles. The number of urea groups is 1. The molecule has 1 heterocycles. The first-order chi connectivity index (χ1) is 19.7. The van der Waals surface area contributed by atoms with Gasteiger partial charge in [0, 0.05) is 17.5 Å². The summed E-state index contributed by atoms with van der Waals surface area (Å²) in [6.07, 6.45) is 1.17. The number of aromatic nitrogens is 1. The van der Waals surface area contributed by atoms with Gasteiger partial charge < -0.3 is 31.7 Å². The molecule has 0 fully saturated rings.